The Kier molecular flexibility index (Phi) is 4.55. The molecule has 0 aliphatic carbocycles. The van der Waals surface area contributed by atoms with Gasteiger partial charge in [0.2, 0.25) is 0 Å². The largest absolute Gasteiger partial charge is 0.544 e. The fraction of sp³-hybridized carbons (Fsp3) is 0. The number of hydrogen-bond acceptors (Lipinski definition) is 4. The predicted octanol–water partition coefficient (Wildman–Crippen LogP) is 4.00. The summed E-state index contributed by atoms with van der Waals surface area (Å²) in [4.78, 5) is 15.9. The molecule has 0 saturated carbocycles. The normalized spacial score (nSPS) is 11.0. The van der Waals surface area contributed by atoms with Crippen molar-refractivity contribution in [3.63, 3.8) is 0 Å². The summed E-state index contributed by atoms with van der Waals surface area (Å²) in [6.45, 7) is 0. The van der Waals surface area contributed by atoms with Gasteiger partial charge in [0.05, 0.1) is 16.5 Å². The van der Waals surface area contributed by atoms with Crippen LogP contribution in [0, 0.1) is 0 Å². The average Bonchev–Trinajstić information content (AvgIpc) is 2.98. The minimum Gasteiger partial charge on any atom is -0.544 e. The Balaban J connectivity index is 1.97. The molecule has 0 bridgehead atoms. The van der Waals surface area contributed by atoms with Crippen LogP contribution in [0.25, 0.3) is 23.4 Å². The van der Waals surface area contributed by atoms with Crippen LogP contribution in [-0.2, 0) is 0 Å². The molecule has 0 atom stereocenters. The summed E-state index contributed by atoms with van der Waals surface area (Å²) >= 11 is 7.04. The minimum atomic E-state index is -1.22. The van der Waals surface area contributed by atoms with E-state index in [1.54, 1.807) is 12.1 Å². The number of benzene rings is 2. The second kappa shape index (κ2) is 6.77. The molecule has 0 fully saturated rings. The average molecular weight is 341 g/mol. The highest BCUT2D eigenvalue weighted by Gasteiger charge is 2.12. The van der Waals surface area contributed by atoms with E-state index in [4.69, 9.17) is 11.6 Å². The van der Waals surface area contributed by atoms with Crippen molar-refractivity contribution in [3.8, 4) is 11.3 Å². The molecule has 114 valence electrons. The number of rotatable bonds is 4. The molecule has 0 amide bonds. The molecule has 0 spiro atoms. The standard InChI is InChI=1S/C18H12ClNO2S/c19-14-8-4-5-12(11-14)9-10-15-20-16(17(23-15)18(21)22)13-6-2-1-3-7-13/h1-11H,(H,21,22)/p-1/b10-9+. The SMILES string of the molecule is O=C([O-])c1sc(/C=C/c2cccc(Cl)c2)nc1-c1ccccc1. The van der Waals surface area contributed by atoms with Crippen LogP contribution in [0.3, 0.4) is 0 Å². The first-order chi connectivity index (χ1) is 11.1. The van der Waals surface area contributed by atoms with Crippen LogP contribution in [0.15, 0.2) is 54.6 Å². The fourth-order valence-corrected chi connectivity index (χ4v) is 3.14. The van der Waals surface area contributed by atoms with Gasteiger partial charge in [0.25, 0.3) is 0 Å². The van der Waals surface area contributed by atoms with E-state index in [2.05, 4.69) is 4.98 Å². The van der Waals surface area contributed by atoms with Crippen molar-refractivity contribution in [2.24, 2.45) is 0 Å². The lowest BCUT2D eigenvalue weighted by molar-refractivity contribution is -0.254. The van der Waals surface area contributed by atoms with Crippen molar-refractivity contribution >= 4 is 41.1 Å². The van der Waals surface area contributed by atoms with Crippen LogP contribution in [0.1, 0.15) is 20.2 Å². The van der Waals surface area contributed by atoms with Crippen molar-refractivity contribution in [1.82, 2.24) is 4.98 Å². The number of halogens is 1. The van der Waals surface area contributed by atoms with E-state index in [9.17, 15) is 9.90 Å². The van der Waals surface area contributed by atoms with E-state index < -0.39 is 5.97 Å². The zero-order chi connectivity index (χ0) is 16.2. The van der Waals surface area contributed by atoms with Gasteiger partial charge in [0.15, 0.2) is 0 Å². The Morgan fingerprint density at radius 3 is 2.57 bits per heavy atom. The van der Waals surface area contributed by atoms with Crippen LogP contribution in [0.4, 0.5) is 0 Å². The number of nitrogens with zero attached hydrogens (tertiary/aromatic N) is 1. The molecule has 3 rings (SSSR count). The van der Waals surface area contributed by atoms with Crippen molar-refractivity contribution in [1.29, 1.82) is 0 Å². The lowest BCUT2D eigenvalue weighted by Gasteiger charge is -2.01. The molecule has 0 aliphatic rings. The van der Waals surface area contributed by atoms with E-state index in [-0.39, 0.29) is 4.88 Å². The molecular weight excluding hydrogens is 330 g/mol. The maximum atomic E-state index is 11.3. The third-order valence-electron chi connectivity index (χ3n) is 3.14. The lowest BCUT2D eigenvalue weighted by atomic mass is 10.1. The van der Waals surface area contributed by atoms with E-state index in [1.165, 1.54) is 0 Å². The number of carbonyl (C=O) groups excluding carboxylic acids is 1. The minimum absolute atomic E-state index is 0.127. The molecule has 2 aromatic carbocycles. The number of carboxylic acid groups (broad SMARTS) is 1. The van der Waals surface area contributed by atoms with Gasteiger partial charge in [0.1, 0.15) is 5.01 Å². The first-order valence-electron chi connectivity index (χ1n) is 6.85. The van der Waals surface area contributed by atoms with Crippen LogP contribution >= 0.6 is 22.9 Å². The number of carbonyl (C=O) groups is 1. The monoisotopic (exact) mass is 340 g/mol. The molecule has 0 unspecified atom stereocenters. The predicted molar refractivity (Wildman–Crippen MR) is 92.3 cm³/mol. The quantitative estimate of drug-likeness (QED) is 0.721. The van der Waals surface area contributed by atoms with Crippen LogP contribution in [0.5, 0.6) is 0 Å². The number of thiazole rings is 1. The molecule has 23 heavy (non-hydrogen) atoms. The van der Waals surface area contributed by atoms with Crippen molar-refractivity contribution < 1.29 is 9.90 Å². The second-order valence-electron chi connectivity index (χ2n) is 4.77. The maximum absolute atomic E-state index is 11.3. The molecule has 1 heterocycles. The van der Waals surface area contributed by atoms with Crippen molar-refractivity contribution in [2.75, 3.05) is 0 Å². The van der Waals surface area contributed by atoms with Gasteiger partial charge >= 0.3 is 0 Å². The summed E-state index contributed by atoms with van der Waals surface area (Å²) < 4.78 is 0. The first kappa shape index (κ1) is 15.5. The summed E-state index contributed by atoms with van der Waals surface area (Å²) in [5.41, 5.74) is 2.11. The lowest BCUT2D eigenvalue weighted by Crippen LogP contribution is -2.21. The number of hydrogen-bond donors (Lipinski definition) is 0. The van der Waals surface area contributed by atoms with Crippen LogP contribution in [-0.4, -0.2) is 11.0 Å². The van der Waals surface area contributed by atoms with E-state index in [0.717, 1.165) is 22.5 Å². The Morgan fingerprint density at radius 1 is 1.09 bits per heavy atom. The molecule has 3 nitrogen and oxygen atoms in total. The smallest absolute Gasteiger partial charge is 0.117 e. The molecule has 0 radical (unpaired) electrons. The highest BCUT2D eigenvalue weighted by molar-refractivity contribution is 7.14. The van der Waals surface area contributed by atoms with Gasteiger partial charge in [-0.3, -0.25) is 0 Å². The van der Waals surface area contributed by atoms with E-state index in [1.807, 2.05) is 54.6 Å². The summed E-state index contributed by atoms with van der Waals surface area (Å²) in [5, 5.41) is 12.6. The third kappa shape index (κ3) is 3.67. The maximum Gasteiger partial charge on any atom is 0.117 e. The van der Waals surface area contributed by atoms with Gasteiger partial charge in [-0.25, -0.2) is 4.98 Å². The zero-order valence-corrected chi connectivity index (χ0v) is 13.5. The molecule has 5 heteroatoms. The number of aromatic nitrogens is 1. The van der Waals surface area contributed by atoms with Gasteiger partial charge in [-0.05, 0) is 23.8 Å². The highest BCUT2D eigenvalue weighted by atomic mass is 35.5. The second-order valence-corrected chi connectivity index (χ2v) is 6.24. The molecular formula is C18H11ClNO2S-. The van der Waals surface area contributed by atoms with E-state index in [0.29, 0.717) is 15.7 Å². The Hall–Kier alpha value is -2.43. The zero-order valence-electron chi connectivity index (χ0n) is 11.9. The van der Waals surface area contributed by atoms with Crippen molar-refractivity contribution in [3.05, 3.63) is 75.1 Å². The molecule has 1 aromatic heterocycles. The van der Waals surface area contributed by atoms with E-state index >= 15 is 0 Å². The Bertz CT molecular complexity index is 872. The molecule has 0 N–H and O–H groups in total. The van der Waals surface area contributed by atoms with Crippen LogP contribution in [0.2, 0.25) is 5.02 Å². The Morgan fingerprint density at radius 2 is 1.87 bits per heavy atom. The van der Waals surface area contributed by atoms with Gasteiger partial charge in [-0.15, -0.1) is 11.3 Å². The molecule has 0 saturated heterocycles. The third-order valence-corrected chi connectivity index (χ3v) is 4.38. The molecule has 3 aromatic rings. The Labute approximate surface area is 142 Å². The van der Waals surface area contributed by atoms with Crippen LogP contribution < -0.4 is 5.11 Å². The number of aromatic carboxylic acids is 1. The summed E-state index contributed by atoms with van der Waals surface area (Å²) in [5.74, 6) is -1.22. The van der Waals surface area contributed by atoms with Crippen molar-refractivity contribution in [2.45, 2.75) is 0 Å². The first-order valence-corrected chi connectivity index (χ1v) is 8.04. The summed E-state index contributed by atoms with van der Waals surface area (Å²) in [6, 6.07) is 16.6. The fourth-order valence-electron chi connectivity index (χ4n) is 2.12. The number of carboxylic acids is 1. The van der Waals surface area contributed by atoms with Gasteiger partial charge < -0.3 is 9.90 Å². The highest BCUT2D eigenvalue weighted by Crippen LogP contribution is 2.29. The topological polar surface area (TPSA) is 53.0 Å². The molecule has 0 aliphatic heterocycles. The van der Waals surface area contributed by atoms with Gasteiger partial charge in [-0.2, -0.15) is 0 Å². The van der Waals surface area contributed by atoms with Gasteiger partial charge in [-0.1, -0.05) is 60.1 Å². The van der Waals surface area contributed by atoms with Gasteiger partial charge in [0, 0.05) is 10.6 Å². The summed E-state index contributed by atoms with van der Waals surface area (Å²) in [6.07, 6.45) is 3.62. The summed E-state index contributed by atoms with van der Waals surface area (Å²) in [7, 11) is 0.